The van der Waals surface area contributed by atoms with Crippen LogP contribution in [0.3, 0.4) is 0 Å². The van der Waals surface area contributed by atoms with Crippen LogP contribution in [-0.2, 0) is 16.7 Å². The molecule has 0 spiro atoms. The second kappa shape index (κ2) is 7.04. The molecule has 3 rings (SSSR count). The number of fused-ring (bicyclic) bond motifs is 1. The molecular weight excluding hydrogens is 328 g/mol. The predicted molar refractivity (Wildman–Crippen MR) is 98.3 cm³/mol. The van der Waals surface area contributed by atoms with Gasteiger partial charge < -0.3 is 9.30 Å². The zero-order valence-corrected chi connectivity index (χ0v) is 15.7. The van der Waals surface area contributed by atoms with Gasteiger partial charge in [-0.2, -0.15) is 0 Å². The highest BCUT2D eigenvalue weighted by atomic mass is 35.7. The Bertz CT molecular complexity index is 669. The van der Waals surface area contributed by atoms with Gasteiger partial charge in [0.1, 0.15) is 5.82 Å². The van der Waals surface area contributed by atoms with Crippen LogP contribution in [0.1, 0.15) is 45.9 Å². The van der Waals surface area contributed by atoms with Gasteiger partial charge in [-0.3, -0.25) is 0 Å². The summed E-state index contributed by atoms with van der Waals surface area (Å²) in [5.41, 5.74) is 2.29. The van der Waals surface area contributed by atoms with E-state index in [9.17, 15) is 0 Å². The molecule has 126 valence electrons. The Labute approximate surface area is 147 Å². The summed E-state index contributed by atoms with van der Waals surface area (Å²) in [6.07, 6.45) is 3.53. The minimum atomic E-state index is 0.0223. The second-order valence-electron chi connectivity index (χ2n) is 7.43. The minimum Gasteiger partial charge on any atom is -0.381 e. The molecule has 5 heteroatoms. The van der Waals surface area contributed by atoms with Crippen molar-refractivity contribution < 1.29 is 4.74 Å². The summed E-state index contributed by atoms with van der Waals surface area (Å²) in [5, 5.41) is 0. The van der Waals surface area contributed by atoms with Crippen molar-refractivity contribution in [3.8, 4) is 0 Å². The average Bonchev–Trinajstić information content (AvgIpc) is 2.69. The fourth-order valence-corrected chi connectivity index (χ4v) is 3.89. The van der Waals surface area contributed by atoms with Crippen molar-refractivity contribution in [3.63, 3.8) is 0 Å². The monoisotopic (exact) mass is 352 g/mol. The Morgan fingerprint density at radius 1 is 1.30 bits per heavy atom. The summed E-state index contributed by atoms with van der Waals surface area (Å²) < 4.78 is 8.04. The molecule has 1 aliphatic rings. The summed E-state index contributed by atoms with van der Waals surface area (Å²) in [6, 6.07) is 6.34. The van der Waals surface area contributed by atoms with Crippen LogP contribution in [0.15, 0.2) is 23.1 Å². The number of rotatable bonds is 3. The van der Waals surface area contributed by atoms with Crippen LogP contribution in [-0.4, -0.2) is 22.8 Å². The predicted octanol–water partition coefficient (Wildman–Crippen LogP) is 5.40. The number of benzene rings is 1. The fourth-order valence-electron chi connectivity index (χ4n) is 3.33. The van der Waals surface area contributed by atoms with Gasteiger partial charge in [0.05, 0.1) is 11.0 Å². The lowest BCUT2D eigenvalue weighted by molar-refractivity contribution is 0.140. The van der Waals surface area contributed by atoms with Crippen LogP contribution in [0, 0.1) is 5.92 Å². The maximum atomic E-state index is 5.91. The van der Waals surface area contributed by atoms with E-state index in [0.29, 0.717) is 5.92 Å². The second-order valence-corrected chi connectivity index (χ2v) is 8.52. The van der Waals surface area contributed by atoms with Crippen LogP contribution in [0.5, 0.6) is 0 Å². The molecule has 1 atom stereocenters. The van der Waals surface area contributed by atoms with Crippen molar-refractivity contribution in [3.05, 3.63) is 24.0 Å². The van der Waals surface area contributed by atoms with E-state index in [0.717, 1.165) is 48.8 Å². The van der Waals surface area contributed by atoms with Crippen LogP contribution < -0.4 is 0 Å². The number of ether oxygens (including phenoxy) is 1. The van der Waals surface area contributed by atoms with Gasteiger partial charge in [0, 0.05) is 30.1 Å². The van der Waals surface area contributed by atoms with Gasteiger partial charge in [-0.1, -0.05) is 20.8 Å². The molecule has 23 heavy (non-hydrogen) atoms. The fraction of sp³-hybridized carbons (Fsp3) is 0.611. The quantitative estimate of drug-likeness (QED) is 0.740. The Kier molecular flexibility index (Phi) is 5.24. The zero-order chi connectivity index (χ0) is 16.4. The Morgan fingerprint density at radius 3 is 2.87 bits per heavy atom. The number of halogens is 1. The summed E-state index contributed by atoms with van der Waals surface area (Å²) in [6.45, 7) is 9.52. The molecule has 0 amide bonds. The van der Waals surface area contributed by atoms with E-state index in [2.05, 4.69) is 43.5 Å². The standard InChI is InChI=1S/C18H25ClN2OS/c1-18(2,3)17-20-15-11-14(23-19)6-7-16(15)21(17)12-13-5-4-9-22-10-8-13/h6-7,11,13H,4-5,8-10,12H2,1-3H3. The van der Waals surface area contributed by atoms with Gasteiger partial charge in [0.15, 0.2) is 0 Å². The molecule has 0 aliphatic carbocycles. The molecule has 1 aliphatic heterocycles. The molecule has 3 nitrogen and oxygen atoms in total. The first-order valence-electron chi connectivity index (χ1n) is 8.36. The third kappa shape index (κ3) is 3.86. The Morgan fingerprint density at radius 2 is 2.13 bits per heavy atom. The SMILES string of the molecule is CC(C)(C)c1nc2cc(SCl)ccc2n1CC1CCCOCC1. The summed E-state index contributed by atoms with van der Waals surface area (Å²) in [5.74, 6) is 1.83. The van der Waals surface area contributed by atoms with Gasteiger partial charge in [-0.05, 0) is 65.0 Å². The highest BCUT2D eigenvalue weighted by Crippen LogP contribution is 2.32. The molecule has 2 aromatic rings. The van der Waals surface area contributed by atoms with Crippen molar-refractivity contribution in [2.24, 2.45) is 5.92 Å². The molecular formula is C18H25ClN2OS. The van der Waals surface area contributed by atoms with Crippen molar-refractivity contribution in [1.29, 1.82) is 0 Å². The lowest BCUT2D eigenvalue weighted by atomic mass is 9.94. The molecule has 1 aromatic heterocycles. The summed E-state index contributed by atoms with van der Waals surface area (Å²) in [7, 11) is 7.16. The van der Waals surface area contributed by atoms with Gasteiger partial charge in [0.25, 0.3) is 0 Å². The molecule has 0 N–H and O–H groups in total. The highest BCUT2D eigenvalue weighted by Gasteiger charge is 2.25. The molecule has 0 saturated carbocycles. The maximum Gasteiger partial charge on any atom is 0.115 e. The summed E-state index contributed by atoms with van der Waals surface area (Å²) >= 11 is 0. The normalized spacial score (nSPS) is 19.9. The minimum absolute atomic E-state index is 0.0223. The molecule has 2 heterocycles. The lowest BCUT2D eigenvalue weighted by Gasteiger charge is -2.23. The molecule has 1 fully saturated rings. The van der Waals surface area contributed by atoms with E-state index >= 15 is 0 Å². The largest absolute Gasteiger partial charge is 0.381 e. The first-order chi connectivity index (χ1) is 11.0. The maximum absolute atomic E-state index is 5.91. The number of aromatic nitrogens is 2. The Hall–Kier alpha value is -0.710. The zero-order valence-electron chi connectivity index (χ0n) is 14.1. The van der Waals surface area contributed by atoms with E-state index in [1.165, 1.54) is 22.9 Å². The number of nitrogens with zero attached hydrogens (tertiary/aromatic N) is 2. The topological polar surface area (TPSA) is 27.1 Å². The van der Waals surface area contributed by atoms with Crippen molar-refractivity contribution >= 4 is 32.7 Å². The number of imidazole rings is 1. The smallest absolute Gasteiger partial charge is 0.115 e. The first-order valence-corrected chi connectivity index (χ1v) is 10.0. The van der Waals surface area contributed by atoms with E-state index in [4.69, 9.17) is 20.4 Å². The first kappa shape index (κ1) is 17.1. The van der Waals surface area contributed by atoms with Crippen LogP contribution in [0.25, 0.3) is 11.0 Å². The van der Waals surface area contributed by atoms with Gasteiger partial charge >= 0.3 is 0 Å². The van der Waals surface area contributed by atoms with Crippen LogP contribution >= 0.6 is 21.7 Å². The van der Waals surface area contributed by atoms with Crippen LogP contribution in [0.2, 0.25) is 0 Å². The molecule has 1 saturated heterocycles. The van der Waals surface area contributed by atoms with Crippen LogP contribution in [0.4, 0.5) is 0 Å². The third-order valence-electron chi connectivity index (χ3n) is 4.49. The molecule has 0 bridgehead atoms. The Balaban J connectivity index is 2.01. The molecule has 0 radical (unpaired) electrons. The van der Waals surface area contributed by atoms with Crippen molar-refractivity contribution in [1.82, 2.24) is 9.55 Å². The van der Waals surface area contributed by atoms with Gasteiger partial charge in [-0.25, -0.2) is 4.98 Å². The van der Waals surface area contributed by atoms with Gasteiger partial charge in [-0.15, -0.1) is 0 Å². The van der Waals surface area contributed by atoms with Crippen molar-refractivity contribution in [2.45, 2.75) is 56.9 Å². The molecule has 1 aromatic carbocycles. The number of hydrogen-bond acceptors (Lipinski definition) is 3. The van der Waals surface area contributed by atoms with Crippen molar-refractivity contribution in [2.75, 3.05) is 13.2 Å². The average molecular weight is 353 g/mol. The summed E-state index contributed by atoms with van der Waals surface area (Å²) in [4.78, 5) is 5.99. The van der Waals surface area contributed by atoms with Gasteiger partial charge in [0.2, 0.25) is 0 Å². The van der Waals surface area contributed by atoms with E-state index in [-0.39, 0.29) is 5.41 Å². The molecule has 1 unspecified atom stereocenters. The van der Waals surface area contributed by atoms with E-state index in [1.54, 1.807) is 0 Å². The number of hydrogen-bond donors (Lipinski definition) is 0. The van der Waals surface area contributed by atoms with E-state index in [1.807, 2.05) is 0 Å². The van der Waals surface area contributed by atoms with E-state index < -0.39 is 0 Å². The highest BCUT2D eigenvalue weighted by molar-refractivity contribution is 8.21. The lowest BCUT2D eigenvalue weighted by Crippen LogP contribution is -2.22. The third-order valence-corrected chi connectivity index (χ3v) is 5.46.